The highest BCUT2D eigenvalue weighted by Crippen LogP contribution is 2.03. The standard InChI is InChI=1S/C12H15N3O/c1-3-4-8-15(2)12(16)11-7-5-6-10(9-13)14-11/h5-7H,3-4,8H2,1-2H3. The molecular weight excluding hydrogens is 202 g/mol. The quantitative estimate of drug-likeness (QED) is 0.773. The summed E-state index contributed by atoms with van der Waals surface area (Å²) in [7, 11) is 1.75. The third kappa shape index (κ3) is 3.06. The third-order valence-corrected chi connectivity index (χ3v) is 2.28. The van der Waals surface area contributed by atoms with Crippen LogP contribution >= 0.6 is 0 Å². The van der Waals surface area contributed by atoms with Gasteiger partial charge in [0.05, 0.1) is 0 Å². The topological polar surface area (TPSA) is 57.0 Å². The average molecular weight is 217 g/mol. The number of nitriles is 1. The number of carbonyl (C=O) groups excluding carboxylic acids is 1. The lowest BCUT2D eigenvalue weighted by Crippen LogP contribution is -2.28. The van der Waals surface area contributed by atoms with Crippen LogP contribution in [0.3, 0.4) is 0 Å². The fraction of sp³-hybridized carbons (Fsp3) is 0.417. The van der Waals surface area contributed by atoms with Crippen molar-refractivity contribution in [2.45, 2.75) is 19.8 Å². The van der Waals surface area contributed by atoms with Crippen LogP contribution in [0.5, 0.6) is 0 Å². The zero-order valence-corrected chi connectivity index (χ0v) is 9.60. The van der Waals surface area contributed by atoms with Crippen molar-refractivity contribution in [3.05, 3.63) is 29.6 Å². The zero-order valence-electron chi connectivity index (χ0n) is 9.60. The Morgan fingerprint density at radius 3 is 2.94 bits per heavy atom. The maximum Gasteiger partial charge on any atom is 0.272 e. The van der Waals surface area contributed by atoms with Crippen LogP contribution in [0.2, 0.25) is 0 Å². The smallest absolute Gasteiger partial charge is 0.272 e. The largest absolute Gasteiger partial charge is 0.340 e. The summed E-state index contributed by atoms with van der Waals surface area (Å²) >= 11 is 0. The Hall–Kier alpha value is -1.89. The van der Waals surface area contributed by atoms with Crippen LogP contribution in [0.4, 0.5) is 0 Å². The molecule has 0 fully saturated rings. The summed E-state index contributed by atoms with van der Waals surface area (Å²) < 4.78 is 0. The summed E-state index contributed by atoms with van der Waals surface area (Å²) in [5.74, 6) is -0.134. The van der Waals surface area contributed by atoms with Gasteiger partial charge in [0, 0.05) is 13.6 Å². The van der Waals surface area contributed by atoms with Crippen molar-refractivity contribution in [2.24, 2.45) is 0 Å². The first-order valence-corrected chi connectivity index (χ1v) is 5.31. The lowest BCUT2D eigenvalue weighted by atomic mass is 10.2. The maximum absolute atomic E-state index is 11.9. The number of hydrogen-bond acceptors (Lipinski definition) is 3. The van der Waals surface area contributed by atoms with Crippen molar-refractivity contribution in [1.82, 2.24) is 9.88 Å². The van der Waals surface area contributed by atoms with Gasteiger partial charge in [0.2, 0.25) is 0 Å². The Morgan fingerprint density at radius 1 is 1.56 bits per heavy atom. The van der Waals surface area contributed by atoms with Crippen LogP contribution in [-0.2, 0) is 0 Å². The fourth-order valence-electron chi connectivity index (χ4n) is 1.31. The Morgan fingerprint density at radius 2 is 2.31 bits per heavy atom. The molecule has 0 bridgehead atoms. The molecule has 0 saturated carbocycles. The molecule has 0 spiro atoms. The number of pyridine rings is 1. The molecule has 1 aromatic heterocycles. The predicted molar refractivity (Wildman–Crippen MR) is 60.8 cm³/mol. The van der Waals surface area contributed by atoms with Gasteiger partial charge in [-0.1, -0.05) is 19.4 Å². The second-order valence-electron chi connectivity index (χ2n) is 3.60. The van der Waals surface area contributed by atoms with Crippen molar-refractivity contribution < 1.29 is 4.79 Å². The van der Waals surface area contributed by atoms with E-state index in [9.17, 15) is 4.79 Å². The van der Waals surface area contributed by atoms with E-state index in [1.165, 1.54) is 0 Å². The maximum atomic E-state index is 11.9. The highest BCUT2D eigenvalue weighted by atomic mass is 16.2. The van der Waals surface area contributed by atoms with E-state index in [1.54, 1.807) is 30.1 Å². The van der Waals surface area contributed by atoms with E-state index < -0.39 is 0 Å². The van der Waals surface area contributed by atoms with Crippen LogP contribution in [0.1, 0.15) is 35.9 Å². The summed E-state index contributed by atoms with van der Waals surface area (Å²) in [6.07, 6.45) is 2.02. The Labute approximate surface area is 95.5 Å². The molecule has 0 N–H and O–H groups in total. The number of hydrogen-bond donors (Lipinski definition) is 0. The molecule has 0 aromatic carbocycles. The Balaban J connectivity index is 2.76. The van der Waals surface area contributed by atoms with E-state index in [0.29, 0.717) is 12.2 Å². The molecule has 0 aliphatic rings. The second-order valence-corrected chi connectivity index (χ2v) is 3.60. The van der Waals surface area contributed by atoms with Crippen molar-refractivity contribution in [3.8, 4) is 6.07 Å². The van der Waals surface area contributed by atoms with Gasteiger partial charge in [0.1, 0.15) is 17.5 Å². The van der Waals surface area contributed by atoms with E-state index in [1.807, 2.05) is 6.07 Å². The molecule has 0 atom stereocenters. The summed E-state index contributed by atoms with van der Waals surface area (Å²) in [4.78, 5) is 17.5. The molecule has 16 heavy (non-hydrogen) atoms. The zero-order chi connectivity index (χ0) is 12.0. The minimum atomic E-state index is -0.134. The van der Waals surface area contributed by atoms with E-state index >= 15 is 0 Å². The minimum absolute atomic E-state index is 0.134. The number of aromatic nitrogens is 1. The molecule has 0 aliphatic heterocycles. The number of carbonyl (C=O) groups is 1. The number of amides is 1. The first-order valence-electron chi connectivity index (χ1n) is 5.31. The van der Waals surface area contributed by atoms with Gasteiger partial charge in [0.15, 0.2) is 0 Å². The monoisotopic (exact) mass is 217 g/mol. The Kier molecular flexibility index (Phi) is 4.46. The van der Waals surface area contributed by atoms with E-state index in [2.05, 4.69) is 11.9 Å². The fourth-order valence-corrected chi connectivity index (χ4v) is 1.31. The molecule has 0 saturated heterocycles. The van der Waals surface area contributed by atoms with E-state index in [-0.39, 0.29) is 11.6 Å². The molecule has 0 radical (unpaired) electrons. The molecule has 84 valence electrons. The number of nitrogens with zero attached hydrogens (tertiary/aromatic N) is 3. The molecular formula is C12H15N3O. The van der Waals surface area contributed by atoms with Gasteiger partial charge < -0.3 is 4.90 Å². The predicted octanol–water partition coefficient (Wildman–Crippen LogP) is 1.83. The van der Waals surface area contributed by atoms with Gasteiger partial charge in [-0.3, -0.25) is 4.79 Å². The van der Waals surface area contributed by atoms with Crippen LogP contribution < -0.4 is 0 Å². The van der Waals surface area contributed by atoms with Crippen molar-refractivity contribution >= 4 is 5.91 Å². The first-order chi connectivity index (χ1) is 7.69. The third-order valence-electron chi connectivity index (χ3n) is 2.28. The van der Waals surface area contributed by atoms with Crippen LogP contribution in [0.25, 0.3) is 0 Å². The molecule has 0 aliphatic carbocycles. The Bertz CT molecular complexity index is 409. The average Bonchev–Trinajstić information content (AvgIpc) is 2.35. The van der Waals surface area contributed by atoms with E-state index in [0.717, 1.165) is 12.8 Å². The lowest BCUT2D eigenvalue weighted by Gasteiger charge is -2.15. The van der Waals surface area contributed by atoms with Gasteiger partial charge in [-0.15, -0.1) is 0 Å². The second kappa shape index (κ2) is 5.86. The molecule has 1 rings (SSSR count). The van der Waals surface area contributed by atoms with Gasteiger partial charge in [0.25, 0.3) is 5.91 Å². The van der Waals surface area contributed by atoms with Crippen molar-refractivity contribution in [1.29, 1.82) is 5.26 Å². The summed E-state index contributed by atoms with van der Waals surface area (Å²) in [5, 5.41) is 8.69. The highest BCUT2D eigenvalue weighted by molar-refractivity contribution is 5.92. The molecule has 4 heteroatoms. The summed E-state index contributed by atoms with van der Waals surface area (Å²) in [6, 6.07) is 6.81. The highest BCUT2D eigenvalue weighted by Gasteiger charge is 2.12. The van der Waals surface area contributed by atoms with Crippen LogP contribution in [0, 0.1) is 11.3 Å². The summed E-state index contributed by atoms with van der Waals surface area (Å²) in [5.41, 5.74) is 0.604. The number of unbranched alkanes of at least 4 members (excludes halogenated alkanes) is 1. The van der Waals surface area contributed by atoms with Crippen molar-refractivity contribution in [3.63, 3.8) is 0 Å². The first kappa shape index (κ1) is 12.2. The lowest BCUT2D eigenvalue weighted by molar-refractivity contribution is 0.0787. The van der Waals surface area contributed by atoms with E-state index in [4.69, 9.17) is 5.26 Å². The minimum Gasteiger partial charge on any atom is -0.340 e. The number of rotatable bonds is 4. The molecule has 1 amide bonds. The molecule has 0 unspecified atom stereocenters. The normalized spacial score (nSPS) is 9.56. The van der Waals surface area contributed by atoms with Gasteiger partial charge in [-0.2, -0.15) is 5.26 Å². The molecule has 1 aromatic rings. The molecule has 1 heterocycles. The summed E-state index contributed by atoms with van der Waals surface area (Å²) in [6.45, 7) is 2.79. The SMILES string of the molecule is CCCCN(C)C(=O)c1cccc(C#N)n1. The van der Waals surface area contributed by atoms with Crippen LogP contribution in [-0.4, -0.2) is 29.4 Å². The van der Waals surface area contributed by atoms with Gasteiger partial charge in [-0.05, 0) is 18.6 Å². The van der Waals surface area contributed by atoms with Gasteiger partial charge in [-0.25, -0.2) is 4.98 Å². The van der Waals surface area contributed by atoms with Gasteiger partial charge >= 0.3 is 0 Å². The van der Waals surface area contributed by atoms with Crippen molar-refractivity contribution in [2.75, 3.05) is 13.6 Å². The van der Waals surface area contributed by atoms with Crippen LogP contribution in [0.15, 0.2) is 18.2 Å². The molecule has 4 nitrogen and oxygen atoms in total.